The lowest BCUT2D eigenvalue weighted by atomic mass is 9.48. The van der Waals surface area contributed by atoms with Crippen molar-refractivity contribution in [2.45, 2.75) is 65.0 Å². The van der Waals surface area contributed by atoms with Crippen molar-refractivity contribution in [3.8, 4) is 0 Å². The Bertz CT molecular complexity index is 458. The highest BCUT2D eigenvalue weighted by molar-refractivity contribution is 5.07. The summed E-state index contributed by atoms with van der Waals surface area (Å²) in [5.74, 6) is 3.99. The van der Waals surface area contributed by atoms with Crippen molar-refractivity contribution >= 4 is 0 Å². The van der Waals surface area contributed by atoms with Crippen molar-refractivity contribution in [1.82, 2.24) is 10.5 Å². The maximum Gasteiger partial charge on any atom is 0.133 e. The Hall–Kier alpha value is -0.830. The van der Waals surface area contributed by atoms with Gasteiger partial charge in [0, 0.05) is 18.7 Å². The molecule has 4 bridgehead atoms. The molecule has 1 aromatic rings. The fourth-order valence-electron chi connectivity index (χ4n) is 5.68. The Morgan fingerprint density at radius 1 is 1.25 bits per heavy atom. The lowest BCUT2D eigenvalue weighted by molar-refractivity contribution is -0.0707. The minimum atomic E-state index is 0.577. The summed E-state index contributed by atoms with van der Waals surface area (Å²) in [6.07, 6.45) is 8.96. The molecule has 1 aromatic heterocycles. The van der Waals surface area contributed by atoms with Gasteiger partial charge in [-0.05, 0) is 75.5 Å². The monoisotopic (exact) mass is 274 g/mol. The quantitative estimate of drug-likeness (QED) is 0.910. The molecule has 4 fully saturated rings. The lowest BCUT2D eigenvalue weighted by Crippen LogP contribution is -2.54. The first-order chi connectivity index (χ1) is 9.63. The Balaban J connectivity index is 1.44. The van der Waals surface area contributed by atoms with Crippen LogP contribution in [-0.2, 0) is 6.54 Å². The number of aromatic nitrogens is 1. The van der Waals surface area contributed by atoms with Crippen LogP contribution in [0.4, 0.5) is 0 Å². The molecule has 0 amide bonds. The van der Waals surface area contributed by atoms with Crippen LogP contribution in [0.2, 0.25) is 0 Å². The molecule has 0 aromatic carbocycles. The van der Waals surface area contributed by atoms with Crippen molar-refractivity contribution < 1.29 is 4.52 Å². The Kier molecular flexibility index (Phi) is 2.95. The third-order valence-electron chi connectivity index (χ3n) is 6.27. The smallest absolute Gasteiger partial charge is 0.133 e. The van der Waals surface area contributed by atoms with Crippen LogP contribution in [0.15, 0.2) is 10.6 Å². The zero-order valence-electron chi connectivity index (χ0n) is 12.7. The molecule has 4 aliphatic carbocycles. The summed E-state index contributed by atoms with van der Waals surface area (Å²) in [5.41, 5.74) is 1.62. The van der Waals surface area contributed by atoms with Gasteiger partial charge in [0.25, 0.3) is 0 Å². The second-order valence-electron chi connectivity index (χ2n) is 7.81. The van der Waals surface area contributed by atoms with Gasteiger partial charge >= 0.3 is 0 Å². The molecule has 1 heterocycles. The van der Waals surface area contributed by atoms with Crippen LogP contribution in [-0.4, -0.2) is 11.2 Å². The van der Waals surface area contributed by atoms with Crippen LogP contribution in [0.25, 0.3) is 0 Å². The zero-order chi connectivity index (χ0) is 13.7. The van der Waals surface area contributed by atoms with Crippen LogP contribution >= 0.6 is 0 Å². The van der Waals surface area contributed by atoms with Gasteiger partial charge < -0.3 is 9.84 Å². The van der Waals surface area contributed by atoms with Gasteiger partial charge in [-0.25, -0.2) is 0 Å². The van der Waals surface area contributed by atoms with Crippen molar-refractivity contribution in [2.75, 3.05) is 0 Å². The third-order valence-corrected chi connectivity index (χ3v) is 6.27. The fraction of sp³-hybridized carbons (Fsp3) is 0.824. The zero-order valence-corrected chi connectivity index (χ0v) is 12.7. The largest absolute Gasteiger partial charge is 0.361 e. The molecule has 1 unspecified atom stereocenters. The van der Waals surface area contributed by atoms with Gasteiger partial charge in [-0.15, -0.1) is 0 Å². The van der Waals surface area contributed by atoms with E-state index in [1.165, 1.54) is 38.5 Å². The van der Waals surface area contributed by atoms with Gasteiger partial charge in [-0.2, -0.15) is 0 Å². The summed E-state index contributed by atoms with van der Waals surface area (Å²) in [6.45, 7) is 5.21. The molecule has 4 aliphatic rings. The van der Waals surface area contributed by atoms with Crippen molar-refractivity contribution in [3.05, 3.63) is 17.5 Å². The van der Waals surface area contributed by atoms with Crippen LogP contribution in [0.1, 0.15) is 56.9 Å². The number of aryl methyl sites for hydroxylation is 1. The normalized spacial score (nSPS) is 40.2. The highest BCUT2D eigenvalue weighted by atomic mass is 16.5. The van der Waals surface area contributed by atoms with E-state index in [1.54, 1.807) is 0 Å². The minimum Gasteiger partial charge on any atom is -0.361 e. The van der Waals surface area contributed by atoms with E-state index in [1.807, 2.05) is 13.0 Å². The molecule has 0 spiro atoms. The summed E-state index contributed by atoms with van der Waals surface area (Å²) >= 11 is 0. The molecule has 3 nitrogen and oxygen atoms in total. The molecule has 1 N–H and O–H groups in total. The van der Waals surface area contributed by atoms with Crippen LogP contribution in [0.5, 0.6) is 0 Å². The number of nitrogens with one attached hydrogen (secondary N) is 1. The summed E-state index contributed by atoms with van der Waals surface area (Å²) in [4.78, 5) is 0. The van der Waals surface area contributed by atoms with E-state index >= 15 is 0 Å². The van der Waals surface area contributed by atoms with E-state index in [0.29, 0.717) is 11.5 Å². The average molecular weight is 274 g/mol. The van der Waals surface area contributed by atoms with E-state index in [4.69, 9.17) is 4.52 Å². The van der Waals surface area contributed by atoms with Gasteiger partial charge in [-0.3, -0.25) is 0 Å². The van der Waals surface area contributed by atoms with Crippen LogP contribution in [0.3, 0.4) is 0 Å². The summed E-state index contributed by atoms with van der Waals surface area (Å²) < 4.78 is 5.16. The van der Waals surface area contributed by atoms with Gasteiger partial charge in [0.2, 0.25) is 0 Å². The average Bonchev–Trinajstić information content (AvgIpc) is 2.80. The van der Waals surface area contributed by atoms with E-state index in [-0.39, 0.29) is 0 Å². The standard InChI is InChI=1S/C17H26N2O/c1-11-3-16(19-20-11)10-18-12(2)17-7-13-4-14(8-17)6-15(5-13)9-17/h3,12-15,18H,4-10H2,1-2H3. The summed E-state index contributed by atoms with van der Waals surface area (Å²) in [6, 6.07) is 2.65. The number of rotatable bonds is 4. The van der Waals surface area contributed by atoms with Crippen molar-refractivity contribution in [1.29, 1.82) is 0 Å². The van der Waals surface area contributed by atoms with Gasteiger partial charge in [-0.1, -0.05) is 5.16 Å². The maximum absolute atomic E-state index is 5.16. The molecule has 110 valence electrons. The highest BCUT2D eigenvalue weighted by Crippen LogP contribution is 2.61. The van der Waals surface area contributed by atoms with E-state index in [0.717, 1.165) is 35.8 Å². The molecule has 3 heteroatoms. The van der Waals surface area contributed by atoms with Crippen molar-refractivity contribution in [3.63, 3.8) is 0 Å². The van der Waals surface area contributed by atoms with Gasteiger partial charge in [0.1, 0.15) is 5.76 Å². The predicted molar refractivity (Wildman–Crippen MR) is 78.1 cm³/mol. The molecule has 1 atom stereocenters. The van der Waals surface area contributed by atoms with Gasteiger partial charge in [0.05, 0.1) is 5.69 Å². The topological polar surface area (TPSA) is 38.1 Å². The van der Waals surface area contributed by atoms with Crippen molar-refractivity contribution in [2.24, 2.45) is 23.2 Å². The summed E-state index contributed by atoms with van der Waals surface area (Å²) in [5, 5.41) is 7.84. The van der Waals surface area contributed by atoms with Gasteiger partial charge in [0.15, 0.2) is 0 Å². The lowest BCUT2D eigenvalue weighted by Gasteiger charge is -2.59. The fourth-order valence-corrected chi connectivity index (χ4v) is 5.68. The Morgan fingerprint density at radius 2 is 1.85 bits per heavy atom. The molecule has 0 saturated heterocycles. The minimum absolute atomic E-state index is 0.577. The summed E-state index contributed by atoms with van der Waals surface area (Å²) in [7, 11) is 0. The Labute approximate surface area is 121 Å². The molecule has 20 heavy (non-hydrogen) atoms. The highest BCUT2D eigenvalue weighted by Gasteiger charge is 2.52. The van der Waals surface area contributed by atoms with E-state index in [9.17, 15) is 0 Å². The third kappa shape index (κ3) is 2.11. The number of hydrogen-bond donors (Lipinski definition) is 1. The SMILES string of the molecule is Cc1cc(CNC(C)C23CC4CC(CC(C4)C2)C3)no1. The van der Waals surface area contributed by atoms with E-state index < -0.39 is 0 Å². The molecule has 0 aliphatic heterocycles. The Morgan fingerprint density at radius 3 is 2.35 bits per heavy atom. The molecule has 4 saturated carbocycles. The maximum atomic E-state index is 5.16. The molecular weight excluding hydrogens is 248 g/mol. The second kappa shape index (κ2) is 4.59. The second-order valence-corrected chi connectivity index (χ2v) is 7.81. The van der Waals surface area contributed by atoms with Crippen LogP contribution in [0, 0.1) is 30.1 Å². The molecule has 0 radical (unpaired) electrons. The molecule has 5 rings (SSSR count). The number of hydrogen-bond acceptors (Lipinski definition) is 3. The first kappa shape index (κ1) is 12.9. The number of nitrogens with zero attached hydrogens (tertiary/aromatic N) is 1. The predicted octanol–water partition coefficient (Wildman–Crippen LogP) is 3.68. The first-order valence-electron chi connectivity index (χ1n) is 8.28. The van der Waals surface area contributed by atoms with E-state index in [2.05, 4.69) is 17.4 Å². The van der Waals surface area contributed by atoms with Crippen LogP contribution < -0.4 is 5.32 Å². The first-order valence-corrected chi connectivity index (χ1v) is 8.28. The molecular formula is C17H26N2O.